The molecule has 4 heterocycles. The molecule has 224 valence electrons. The van der Waals surface area contributed by atoms with Gasteiger partial charge in [-0.3, -0.25) is 4.98 Å². The van der Waals surface area contributed by atoms with Crippen LogP contribution in [0.3, 0.4) is 0 Å². The summed E-state index contributed by atoms with van der Waals surface area (Å²) < 4.78 is 7.98. The van der Waals surface area contributed by atoms with Crippen LogP contribution in [0.4, 0.5) is 10.7 Å². The van der Waals surface area contributed by atoms with Gasteiger partial charge in [0.25, 0.3) is 0 Å². The van der Waals surface area contributed by atoms with E-state index < -0.39 is 6.09 Å². The number of rotatable bonds is 3. The number of carbonyl (C=O) groups is 1. The van der Waals surface area contributed by atoms with Crippen molar-refractivity contribution in [3.63, 3.8) is 0 Å². The lowest BCUT2D eigenvalue weighted by Gasteiger charge is -2.44. The number of aliphatic imine (C=N–C) groups is 1. The number of aryl methyl sites for hydroxylation is 1. The average Bonchev–Trinajstić information content (AvgIpc) is 3.33. The van der Waals surface area contributed by atoms with E-state index in [4.69, 9.17) is 32.2 Å². The summed E-state index contributed by atoms with van der Waals surface area (Å²) in [4.78, 5) is 34.7. The van der Waals surface area contributed by atoms with E-state index in [9.17, 15) is 4.79 Å². The van der Waals surface area contributed by atoms with Crippen LogP contribution in [-0.2, 0) is 11.8 Å². The zero-order valence-electron chi connectivity index (χ0n) is 24.2. The highest BCUT2D eigenvalue weighted by Gasteiger charge is 2.36. The maximum absolute atomic E-state index is 11.1. The molecule has 1 saturated heterocycles. The van der Waals surface area contributed by atoms with Crippen molar-refractivity contribution < 1.29 is 14.6 Å². The second kappa shape index (κ2) is 14.4. The topological polar surface area (TPSA) is 145 Å². The van der Waals surface area contributed by atoms with Crippen molar-refractivity contribution in [1.29, 1.82) is 0 Å². The Bertz CT molecular complexity index is 1430. The predicted molar refractivity (Wildman–Crippen MR) is 165 cm³/mol. The Morgan fingerprint density at radius 3 is 2.48 bits per heavy atom. The smallest absolute Gasteiger partial charge is 0.433 e. The van der Waals surface area contributed by atoms with Gasteiger partial charge in [0, 0.05) is 31.5 Å². The summed E-state index contributed by atoms with van der Waals surface area (Å²) in [5.41, 5.74) is 8.05. The summed E-state index contributed by atoms with van der Waals surface area (Å²) in [6.45, 7) is 3.71. The van der Waals surface area contributed by atoms with Crippen molar-refractivity contribution in [1.82, 2.24) is 24.5 Å². The molecular formula is C30H39ClN8O3. The minimum absolute atomic E-state index is 0.0259. The Morgan fingerprint density at radius 2 is 1.81 bits per heavy atom. The van der Waals surface area contributed by atoms with Crippen LogP contribution >= 0.6 is 11.6 Å². The number of ether oxygens (including phenoxy) is 1. The third-order valence-corrected chi connectivity index (χ3v) is 8.22. The number of terminal acetylenes is 1. The highest BCUT2D eigenvalue weighted by molar-refractivity contribution is 6.30. The molecule has 0 aromatic carbocycles. The van der Waals surface area contributed by atoms with E-state index in [1.54, 1.807) is 12.3 Å². The molecule has 0 spiro atoms. The number of pyridine rings is 1. The fourth-order valence-corrected chi connectivity index (χ4v) is 6.19. The largest absolute Gasteiger partial charge is 0.463 e. The zero-order chi connectivity index (χ0) is 30.2. The van der Waals surface area contributed by atoms with Gasteiger partial charge in [-0.25, -0.2) is 14.8 Å². The van der Waals surface area contributed by atoms with Gasteiger partial charge in [-0.2, -0.15) is 9.98 Å². The second-order valence-electron chi connectivity index (χ2n) is 10.9. The molecule has 2 atom stereocenters. The summed E-state index contributed by atoms with van der Waals surface area (Å²) in [7, 11) is 1.91. The summed E-state index contributed by atoms with van der Waals surface area (Å²) >= 11 is 6.18. The molecule has 0 radical (unpaired) electrons. The molecule has 1 aliphatic heterocycles. The van der Waals surface area contributed by atoms with Crippen LogP contribution in [0.1, 0.15) is 70.5 Å². The highest BCUT2D eigenvalue weighted by atomic mass is 35.5. The first-order valence-electron chi connectivity index (χ1n) is 14.5. The van der Waals surface area contributed by atoms with E-state index in [1.807, 2.05) is 11.6 Å². The fourth-order valence-electron chi connectivity index (χ4n) is 6.02. The van der Waals surface area contributed by atoms with Gasteiger partial charge in [0.2, 0.25) is 5.95 Å². The molecule has 3 N–H and O–H groups in total. The number of amides is 1. The van der Waals surface area contributed by atoms with Crippen LogP contribution < -0.4 is 10.6 Å². The summed E-state index contributed by atoms with van der Waals surface area (Å²) in [6.07, 6.45) is 21.7. The molecule has 3 aliphatic rings. The number of morpholine rings is 1. The van der Waals surface area contributed by atoms with Gasteiger partial charge in [-0.15, -0.1) is 12.8 Å². The van der Waals surface area contributed by atoms with E-state index in [1.165, 1.54) is 44.7 Å². The second-order valence-corrected chi connectivity index (χ2v) is 11.3. The van der Waals surface area contributed by atoms with Gasteiger partial charge in [-0.05, 0) is 24.8 Å². The van der Waals surface area contributed by atoms with Crippen LogP contribution in [0, 0.1) is 18.8 Å². The number of anilines is 1. The molecule has 2 unspecified atom stereocenters. The number of hydrogen-bond donors (Lipinski definition) is 2. The van der Waals surface area contributed by atoms with Gasteiger partial charge in [0.15, 0.2) is 17.3 Å². The van der Waals surface area contributed by atoms with Crippen LogP contribution in [-0.4, -0.2) is 66.8 Å². The monoisotopic (exact) mass is 594 g/mol. The van der Waals surface area contributed by atoms with Crippen LogP contribution in [0.5, 0.6) is 0 Å². The van der Waals surface area contributed by atoms with Gasteiger partial charge in [0.1, 0.15) is 11.2 Å². The molecule has 1 amide bonds. The summed E-state index contributed by atoms with van der Waals surface area (Å²) in [5.74, 6) is 1.45. The lowest BCUT2D eigenvalue weighted by atomic mass is 9.90. The fraction of sp³-hybridized carbons (Fsp3) is 0.533. The van der Waals surface area contributed by atoms with Crippen molar-refractivity contribution in [2.24, 2.45) is 23.7 Å². The van der Waals surface area contributed by atoms with Crippen LogP contribution in [0.2, 0.25) is 5.02 Å². The molecule has 42 heavy (non-hydrogen) atoms. The third-order valence-electron chi connectivity index (χ3n) is 8.01. The first-order valence-corrected chi connectivity index (χ1v) is 14.8. The first-order chi connectivity index (χ1) is 20.3. The molecular weight excluding hydrogens is 556 g/mol. The number of aromatic nitrogens is 5. The predicted octanol–water partition coefficient (Wildman–Crippen LogP) is 5.45. The van der Waals surface area contributed by atoms with E-state index in [0.717, 1.165) is 37.7 Å². The number of halogens is 1. The van der Waals surface area contributed by atoms with Gasteiger partial charge < -0.3 is 25.0 Å². The number of amidine groups is 1. The minimum atomic E-state index is -1.43. The lowest BCUT2D eigenvalue weighted by molar-refractivity contribution is -0.00946. The number of carboxylic acid groups (broad SMARTS) is 1. The normalized spacial score (nSPS) is 21.0. The molecule has 2 aliphatic carbocycles. The SMILES string of the molecule is C#C.CC1CCCCC1.Cn1c(N2CCOC3CCCCC32)nc2nc(/C(N)=N/C(=O)O)nc(-c3cncc(Cl)c3)c21. The van der Waals surface area contributed by atoms with Crippen LogP contribution in [0.15, 0.2) is 23.5 Å². The number of nitrogens with zero attached hydrogens (tertiary/aromatic N) is 7. The van der Waals surface area contributed by atoms with Crippen molar-refractivity contribution in [2.75, 3.05) is 18.1 Å². The third kappa shape index (κ3) is 7.17. The Morgan fingerprint density at radius 1 is 1.10 bits per heavy atom. The molecule has 12 heteroatoms. The molecule has 6 rings (SSSR count). The first kappa shape index (κ1) is 31.2. The maximum atomic E-state index is 11.1. The van der Waals surface area contributed by atoms with Crippen molar-refractivity contribution in [2.45, 2.75) is 76.9 Å². The molecule has 3 aromatic rings. The Hall–Kier alpha value is -3.75. The Kier molecular flexibility index (Phi) is 10.7. The number of nitrogens with two attached hydrogens (primary N) is 1. The van der Waals surface area contributed by atoms with Crippen molar-refractivity contribution >= 4 is 40.6 Å². The maximum Gasteiger partial charge on any atom is 0.433 e. The lowest BCUT2D eigenvalue weighted by Crippen LogP contribution is -2.53. The van der Waals surface area contributed by atoms with Crippen LogP contribution in [0.25, 0.3) is 22.4 Å². The number of hydrogen-bond acceptors (Lipinski definition) is 7. The quantitative estimate of drug-likeness (QED) is 0.230. The number of imidazole rings is 1. The zero-order valence-corrected chi connectivity index (χ0v) is 25.0. The van der Waals surface area contributed by atoms with Gasteiger partial charge in [0.05, 0.1) is 23.8 Å². The van der Waals surface area contributed by atoms with Crippen molar-refractivity contribution in [3.05, 3.63) is 29.3 Å². The Balaban J connectivity index is 0.000000390. The van der Waals surface area contributed by atoms with Gasteiger partial charge in [-0.1, -0.05) is 63.5 Å². The van der Waals surface area contributed by atoms with E-state index in [2.05, 4.69) is 44.6 Å². The van der Waals surface area contributed by atoms with E-state index in [-0.39, 0.29) is 23.8 Å². The Labute approximate surface area is 251 Å². The molecule has 0 bridgehead atoms. The highest BCUT2D eigenvalue weighted by Crippen LogP contribution is 2.35. The molecule has 11 nitrogen and oxygen atoms in total. The number of fused-ring (bicyclic) bond motifs is 2. The standard InChI is InChI=1S/C21H23ClN8O3.C7H14.C2H2/c1-29-16-15(11-8-12(22)10-24-9-11)25-19(17(23)26-21(31)32)27-18(16)28-20(29)30-6-7-33-14-5-3-2-4-13(14)30;1-7-5-3-2-4-6-7;1-2/h8-10,13-14H,2-7H2,1H3,(H2,23,26)(H,31,32);7H,2-6H2,1H3;1-2H. The molecule has 2 saturated carbocycles. The average molecular weight is 595 g/mol. The van der Waals surface area contributed by atoms with E-state index in [0.29, 0.717) is 34.1 Å². The van der Waals surface area contributed by atoms with E-state index >= 15 is 0 Å². The molecule has 3 aromatic heterocycles. The molecule has 3 fully saturated rings. The summed E-state index contributed by atoms with van der Waals surface area (Å²) in [6, 6.07) is 1.97. The van der Waals surface area contributed by atoms with Gasteiger partial charge >= 0.3 is 6.09 Å². The van der Waals surface area contributed by atoms with Crippen molar-refractivity contribution in [3.8, 4) is 24.1 Å². The summed E-state index contributed by atoms with van der Waals surface area (Å²) in [5, 5.41) is 9.46. The minimum Gasteiger partial charge on any atom is -0.463 e.